The van der Waals surface area contributed by atoms with Gasteiger partial charge in [-0.05, 0) is 18.1 Å². The first-order valence-electron chi connectivity index (χ1n) is 5.87. The zero-order valence-corrected chi connectivity index (χ0v) is 10.5. The molecule has 2 unspecified atom stereocenters. The molecule has 0 aromatic heterocycles. The third kappa shape index (κ3) is 2.92. The van der Waals surface area contributed by atoms with Crippen LogP contribution in [0.4, 0.5) is 0 Å². The number of thioether (sulfide) groups is 1. The molecule has 0 radical (unpaired) electrons. The van der Waals surface area contributed by atoms with Gasteiger partial charge in [-0.25, -0.2) is 0 Å². The van der Waals surface area contributed by atoms with Gasteiger partial charge in [0.15, 0.2) is 0 Å². The smallest absolute Gasteiger partial charge is 0.123 e. The van der Waals surface area contributed by atoms with E-state index >= 15 is 0 Å². The fraction of sp³-hybridized carbons (Fsp3) is 0.538. The van der Waals surface area contributed by atoms with Crippen LogP contribution in [0.1, 0.15) is 18.9 Å². The van der Waals surface area contributed by atoms with Crippen LogP contribution in [0.5, 0.6) is 5.75 Å². The number of hydrogen-bond donors (Lipinski definition) is 1. The number of rotatable bonds is 5. The Hall–Kier alpha value is -0.670. The van der Waals surface area contributed by atoms with Crippen LogP contribution in [0, 0.1) is 0 Å². The highest BCUT2D eigenvalue weighted by Gasteiger charge is 2.21. The molecular weight excluding hydrogens is 218 g/mol. The molecule has 1 aliphatic heterocycles. The van der Waals surface area contributed by atoms with Crippen LogP contribution in [0.25, 0.3) is 0 Å². The Kier molecular flexibility index (Phi) is 4.13. The Balaban J connectivity index is 1.75. The molecule has 0 saturated heterocycles. The van der Waals surface area contributed by atoms with Crippen molar-refractivity contribution >= 4 is 11.8 Å². The zero-order chi connectivity index (χ0) is 11.4. The Morgan fingerprint density at radius 1 is 1.50 bits per heavy atom. The molecule has 1 aromatic carbocycles. The van der Waals surface area contributed by atoms with Crippen molar-refractivity contribution in [3.63, 3.8) is 0 Å². The number of benzene rings is 1. The van der Waals surface area contributed by atoms with Crippen LogP contribution < -0.4 is 10.5 Å². The summed E-state index contributed by atoms with van der Waals surface area (Å²) < 4.78 is 5.86. The summed E-state index contributed by atoms with van der Waals surface area (Å²) in [7, 11) is 0. The van der Waals surface area contributed by atoms with Crippen molar-refractivity contribution in [3.8, 4) is 5.75 Å². The van der Waals surface area contributed by atoms with Crippen LogP contribution in [0.3, 0.4) is 0 Å². The normalized spacial score (nSPS) is 20.2. The van der Waals surface area contributed by atoms with Gasteiger partial charge in [0.1, 0.15) is 11.9 Å². The lowest BCUT2D eigenvalue weighted by Gasteiger charge is -2.12. The van der Waals surface area contributed by atoms with Gasteiger partial charge in [0.05, 0.1) is 0 Å². The van der Waals surface area contributed by atoms with Crippen LogP contribution in [0.15, 0.2) is 24.3 Å². The minimum Gasteiger partial charge on any atom is -0.489 e. The fourth-order valence-corrected chi connectivity index (χ4v) is 2.94. The molecule has 16 heavy (non-hydrogen) atoms. The second-order valence-corrected chi connectivity index (χ2v) is 5.33. The summed E-state index contributed by atoms with van der Waals surface area (Å²) in [5.74, 6) is 3.14. The van der Waals surface area contributed by atoms with E-state index < -0.39 is 0 Å². The first-order valence-corrected chi connectivity index (χ1v) is 7.03. The van der Waals surface area contributed by atoms with Crippen molar-refractivity contribution in [2.75, 3.05) is 11.5 Å². The maximum atomic E-state index is 5.88. The van der Waals surface area contributed by atoms with E-state index in [0.717, 1.165) is 30.1 Å². The Labute approximate surface area is 102 Å². The van der Waals surface area contributed by atoms with Gasteiger partial charge in [-0.15, -0.1) is 0 Å². The van der Waals surface area contributed by atoms with Gasteiger partial charge in [0, 0.05) is 24.0 Å². The Morgan fingerprint density at radius 3 is 3.06 bits per heavy atom. The lowest BCUT2D eigenvalue weighted by atomic mass is 10.1. The van der Waals surface area contributed by atoms with Crippen molar-refractivity contribution in [2.45, 2.75) is 31.9 Å². The Bertz CT molecular complexity index is 317. The van der Waals surface area contributed by atoms with Gasteiger partial charge >= 0.3 is 0 Å². The summed E-state index contributed by atoms with van der Waals surface area (Å²) in [6.07, 6.45) is 2.44. The average molecular weight is 237 g/mol. The van der Waals surface area contributed by atoms with E-state index in [-0.39, 0.29) is 0 Å². The molecular formula is C13H19NOS. The summed E-state index contributed by atoms with van der Waals surface area (Å²) in [6, 6.07) is 8.63. The first kappa shape index (κ1) is 11.8. The van der Waals surface area contributed by atoms with E-state index in [1.54, 1.807) is 0 Å². The van der Waals surface area contributed by atoms with E-state index in [4.69, 9.17) is 10.5 Å². The maximum Gasteiger partial charge on any atom is 0.123 e. The largest absolute Gasteiger partial charge is 0.489 e. The lowest BCUT2D eigenvalue weighted by Crippen LogP contribution is -2.23. The summed E-state index contributed by atoms with van der Waals surface area (Å²) in [5.41, 5.74) is 7.22. The van der Waals surface area contributed by atoms with Crippen molar-refractivity contribution in [3.05, 3.63) is 29.8 Å². The molecule has 2 rings (SSSR count). The minimum absolute atomic E-state index is 0.328. The topological polar surface area (TPSA) is 35.2 Å². The quantitative estimate of drug-likeness (QED) is 0.854. The van der Waals surface area contributed by atoms with Gasteiger partial charge in [-0.3, -0.25) is 0 Å². The predicted molar refractivity (Wildman–Crippen MR) is 70.2 cm³/mol. The molecule has 2 atom stereocenters. The van der Waals surface area contributed by atoms with Crippen molar-refractivity contribution < 1.29 is 4.74 Å². The number of fused-ring (bicyclic) bond motifs is 1. The number of ether oxygens (including phenoxy) is 1. The SMILES string of the molecule is CCC(N)CSCC1Cc2ccccc2O1. The highest BCUT2D eigenvalue weighted by atomic mass is 32.2. The van der Waals surface area contributed by atoms with E-state index in [1.165, 1.54) is 5.56 Å². The second kappa shape index (κ2) is 5.60. The Morgan fingerprint density at radius 2 is 2.31 bits per heavy atom. The van der Waals surface area contributed by atoms with E-state index in [2.05, 4.69) is 25.1 Å². The highest BCUT2D eigenvalue weighted by Crippen LogP contribution is 2.29. The molecule has 2 nitrogen and oxygen atoms in total. The standard InChI is InChI=1S/C13H19NOS/c1-2-11(14)8-16-9-12-7-10-5-3-4-6-13(10)15-12/h3-6,11-12H,2,7-9,14H2,1H3. The molecule has 0 spiro atoms. The summed E-state index contributed by atoms with van der Waals surface area (Å²) >= 11 is 1.90. The fourth-order valence-electron chi connectivity index (χ4n) is 1.82. The average Bonchev–Trinajstić information content (AvgIpc) is 2.71. The molecule has 0 amide bonds. The number of nitrogens with two attached hydrogens (primary N) is 1. The molecule has 1 aliphatic rings. The van der Waals surface area contributed by atoms with Crippen molar-refractivity contribution in [2.24, 2.45) is 5.73 Å². The van der Waals surface area contributed by atoms with Crippen LogP contribution >= 0.6 is 11.8 Å². The zero-order valence-electron chi connectivity index (χ0n) is 9.69. The highest BCUT2D eigenvalue weighted by molar-refractivity contribution is 7.99. The van der Waals surface area contributed by atoms with E-state index in [1.807, 2.05) is 17.8 Å². The van der Waals surface area contributed by atoms with E-state index in [0.29, 0.717) is 12.1 Å². The van der Waals surface area contributed by atoms with Gasteiger partial charge in [0.2, 0.25) is 0 Å². The molecule has 3 heteroatoms. The third-order valence-electron chi connectivity index (χ3n) is 2.87. The van der Waals surface area contributed by atoms with Crippen molar-refractivity contribution in [1.82, 2.24) is 0 Å². The summed E-state index contributed by atoms with van der Waals surface area (Å²) in [5, 5.41) is 0. The summed E-state index contributed by atoms with van der Waals surface area (Å²) in [6.45, 7) is 2.13. The molecule has 0 aliphatic carbocycles. The summed E-state index contributed by atoms with van der Waals surface area (Å²) in [4.78, 5) is 0. The van der Waals surface area contributed by atoms with Crippen LogP contribution in [0.2, 0.25) is 0 Å². The number of hydrogen-bond acceptors (Lipinski definition) is 3. The van der Waals surface area contributed by atoms with Crippen LogP contribution in [-0.2, 0) is 6.42 Å². The van der Waals surface area contributed by atoms with Gasteiger partial charge in [0.25, 0.3) is 0 Å². The maximum absolute atomic E-state index is 5.88. The molecule has 1 aromatic rings. The van der Waals surface area contributed by atoms with E-state index in [9.17, 15) is 0 Å². The molecule has 0 bridgehead atoms. The monoisotopic (exact) mass is 237 g/mol. The number of para-hydroxylation sites is 1. The second-order valence-electron chi connectivity index (χ2n) is 4.26. The van der Waals surface area contributed by atoms with Gasteiger partial charge in [-0.2, -0.15) is 11.8 Å². The van der Waals surface area contributed by atoms with Gasteiger partial charge in [-0.1, -0.05) is 25.1 Å². The molecule has 0 saturated carbocycles. The van der Waals surface area contributed by atoms with Gasteiger partial charge < -0.3 is 10.5 Å². The van der Waals surface area contributed by atoms with Crippen molar-refractivity contribution in [1.29, 1.82) is 0 Å². The molecule has 88 valence electrons. The predicted octanol–water partition coefficient (Wildman–Crippen LogP) is 2.46. The van der Waals surface area contributed by atoms with Crippen LogP contribution in [-0.4, -0.2) is 23.7 Å². The third-order valence-corrected chi connectivity index (χ3v) is 4.15. The molecule has 2 N–H and O–H groups in total. The minimum atomic E-state index is 0.328. The molecule has 1 heterocycles. The molecule has 0 fully saturated rings. The lowest BCUT2D eigenvalue weighted by molar-refractivity contribution is 0.259. The first-order chi connectivity index (χ1) is 7.79.